The molecule has 0 aromatic heterocycles. The van der Waals surface area contributed by atoms with E-state index in [1.54, 1.807) is 0 Å². The Balaban J connectivity index is 2.43. The van der Waals surface area contributed by atoms with E-state index >= 15 is 0 Å². The number of hydrogen-bond donors (Lipinski definition) is 1. The highest BCUT2D eigenvalue weighted by Crippen LogP contribution is 2.15. The van der Waals surface area contributed by atoms with Gasteiger partial charge in [0, 0.05) is 19.1 Å². The van der Waals surface area contributed by atoms with Gasteiger partial charge in [-0.05, 0) is 20.3 Å². The SMILES string of the molecule is CC(C)N1CC=C(CC(=O)O)CC1. The minimum absolute atomic E-state index is 0.214. The first-order valence-electron chi connectivity index (χ1n) is 4.73. The van der Waals surface area contributed by atoms with Gasteiger partial charge < -0.3 is 5.11 Å². The number of hydrogen-bond acceptors (Lipinski definition) is 2. The summed E-state index contributed by atoms with van der Waals surface area (Å²) in [6, 6.07) is 0.558. The second-order valence-corrected chi connectivity index (χ2v) is 3.77. The van der Waals surface area contributed by atoms with E-state index in [0.29, 0.717) is 6.04 Å². The number of carbonyl (C=O) groups is 1. The average Bonchev–Trinajstić information content (AvgIpc) is 2.04. The van der Waals surface area contributed by atoms with Gasteiger partial charge >= 0.3 is 5.97 Å². The molecule has 74 valence electrons. The van der Waals surface area contributed by atoms with E-state index in [9.17, 15) is 4.79 Å². The molecule has 0 aromatic rings. The van der Waals surface area contributed by atoms with Crippen molar-refractivity contribution < 1.29 is 9.90 Å². The van der Waals surface area contributed by atoms with Gasteiger partial charge in [-0.15, -0.1) is 0 Å². The van der Waals surface area contributed by atoms with Gasteiger partial charge in [-0.25, -0.2) is 0 Å². The highest BCUT2D eigenvalue weighted by Gasteiger charge is 2.15. The van der Waals surface area contributed by atoms with Crippen LogP contribution in [0.25, 0.3) is 0 Å². The summed E-state index contributed by atoms with van der Waals surface area (Å²) < 4.78 is 0. The fraction of sp³-hybridized carbons (Fsp3) is 0.700. The standard InChI is InChI=1S/C10H17NO2/c1-8(2)11-5-3-9(4-6-11)7-10(12)13/h3,8H,4-7H2,1-2H3,(H,12,13). The second kappa shape index (κ2) is 4.42. The van der Waals surface area contributed by atoms with Crippen molar-refractivity contribution in [3.05, 3.63) is 11.6 Å². The van der Waals surface area contributed by atoms with Gasteiger partial charge in [0.1, 0.15) is 0 Å². The number of aliphatic carboxylic acids is 1. The third-order valence-corrected chi connectivity index (χ3v) is 2.44. The average molecular weight is 183 g/mol. The van der Waals surface area contributed by atoms with Crippen LogP contribution in [0, 0.1) is 0 Å². The van der Waals surface area contributed by atoms with Crippen LogP contribution in [0.2, 0.25) is 0 Å². The van der Waals surface area contributed by atoms with Crippen molar-refractivity contribution in [2.75, 3.05) is 13.1 Å². The quantitative estimate of drug-likeness (QED) is 0.674. The minimum atomic E-state index is -0.718. The zero-order valence-corrected chi connectivity index (χ0v) is 8.29. The molecule has 0 unspecified atom stereocenters. The molecule has 3 nitrogen and oxygen atoms in total. The van der Waals surface area contributed by atoms with Crippen LogP contribution in [0.4, 0.5) is 0 Å². The van der Waals surface area contributed by atoms with Crippen molar-refractivity contribution in [1.82, 2.24) is 4.90 Å². The number of carboxylic acids is 1. The molecule has 13 heavy (non-hydrogen) atoms. The van der Waals surface area contributed by atoms with E-state index in [1.807, 2.05) is 0 Å². The maximum absolute atomic E-state index is 10.4. The van der Waals surface area contributed by atoms with E-state index in [0.717, 1.165) is 25.1 Å². The molecule has 0 aliphatic carbocycles. The molecule has 0 fully saturated rings. The van der Waals surface area contributed by atoms with Crippen LogP contribution in [-0.2, 0) is 4.79 Å². The lowest BCUT2D eigenvalue weighted by atomic mass is 10.0. The summed E-state index contributed by atoms with van der Waals surface area (Å²) in [5.74, 6) is -0.718. The van der Waals surface area contributed by atoms with Gasteiger partial charge in [-0.1, -0.05) is 11.6 Å². The molecule has 1 aliphatic heterocycles. The van der Waals surface area contributed by atoms with Crippen molar-refractivity contribution in [2.45, 2.75) is 32.7 Å². The summed E-state index contributed by atoms with van der Waals surface area (Å²) in [7, 11) is 0. The summed E-state index contributed by atoms with van der Waals surface area (Å²) in [5, 5.41) is 8.59. The molecule has 0 aromatic carbocycles. The van der Waals surface area contributed by atoms with E-state index in [2.05, 4.69) is 24.8 Å². The zero-order valence-electron chi connectivity index (χ0n) is 8.29. The Morgan fingerprint density at radius 1 is 1.69 bits per heavy atom. The smallest absolute Gasteiger partial charge is 0.307 e. The predicted molar refractivity (Wildman–Crippen MR) is 51.7 cm³/mol. The Kier molecular flexibility index (Phi) is 3.48. The first-order chi connectivity index (χ1) is 6.09. The van der Waals surface area contributed by atoms with Crippen molar-refractivity contribution in [2.24, 2.45) is 0 Å². The molecule has 1 N–H and O–H groups in total. The Bertz CT molecular complexity index is 221. The molecule has 0 saturated heterocycles. The Morgan fingerprint density at radius 3 is 2.77 bits per heavy atom. The molecule has 1 aliphatic rings. The topological polar surface area (TPSA) is 40.5 Å². The van der Waals surface area contributed by atoms with Crippen LogP contribution in [0.5, 0.6) is 0 Å². The molecule has 0 atom stereocenters. The van der Waals surface area contributed by atoms with E-state index in [1.165, 1.54) is 0 Å². The zero-order chi connectivity index (χ0) is 9.84. The van der Waals surface area contributed by atoms with Crippen LogP contribution in [0.15, 0.2) is 11.6 Å². The third-order valence-electron chi connectivity index (χ3n) is 2.44. The Labute approximate surface area is 79.0 Å². The molecular weight excluding hydrogens is 166 g/mol. The van der Waals surface area contributed by atoms with E-state index in [4.69, 9.17) is 5.11 Å². The van der Waals surface area contributed by atoms with Crippen molar-refractivity contribution in [3.63, 3.8) is 0 Å². The highest BCUT2D eigenvalue weighted by molar-refractivity contribution is 5.70. The van der Waals surface area contributed by atoms with Gasteiger partial charge in [-0.3, -0.25) is 9.69 Å². The summed E-state index contributed by atoms with van der Waals surface area (Å²) in [6.07, 6.45) is 3.17. The summed E-state index contributed by atoms with van der Waals surface area (Å²) in [6.45, 7) is 6.23. The Hall–Kier alpha value is -0.830. The molecular formula is C10H17NO2. The molecule has 0 spiro atoms. The number of carboxylic acid groups (broad SMARTS) is 1. The molecule has 0 amide bonds. The van der Waals surface area contributed by atoms with E-state index < -0.39 is 5.97 Å². The van der Waals surface area contributed by atoms with E-state index in [-0.39, 0.29) is 6.42 Å². The van der Waals surface area contributed by atoms with Gasteiger partial charge in [-0.2, -0.15) is 0 Å². The van der Waals surface area contributed by atoms with Crippen LogP contribution < -0.4 is 0 Å². The third kappa shape index (κ3) is 3.19. The van der Waals surface area contributed by atoms with Crippen LogP contribution in [0.3, 0.4) is 0 Å². The lowest BCUT2D eigenvalue weighted by Gasteiger charge is -2.29. The molecule has 3 heteroatoms. The summed E-state index contributed by atoms with van der Waals surface area (Å²) in [5.41, 5.74) is 1.07. The number of nitrogens with zero attached hydrogens (tertiary/aromatic N) is 1. The fourth-order valence-electron chi connectivity index (χ4n) is 1.55. The monoisotopic (exact) mass is 183 g/mol. The van der Waals surface area contributed by atoms with Crippen LogP contribution in [-0.4, -0.2) is 35.1 Å². The maximum atomic E-state index is 10.4. The van der Waals surface area contributed by atoms with Gasteiger partial charge in [0.2, 0.25) is 0 Å². The second-order valence-electron chi connectivity index (χ2n) is 3.77. The predicted octanol–water partition coefficient (Wildman–Crippen LogP) is 1.50. The molecule has 0 radical (unpaired) electrons. The first-order valence-corrected chi connectivity index (χ1v) is 4.73. The van der Waals surface area contributed by atoms with Crippen molar-refractivity contribution in [1.29, 1.82) is 0 Å². The lowest BCUT2D eigenvalue weighted by molar-refractivity contribution is -0.136. The number of rotatable bonds is 3. The molecule has 0 saturated carbocycles. The summed E-state index contributed by atoms with van der Waals surface area (Å²) in [4.78, 5) is 12.8. The van der Waals surface area contributed by atoms with Gasteiger partial charge in [0.05, 0.1) is 6.42 Å². The minimum Gasteiger partial charge on any atom is -0.481 e. The molecule has 1 heterocycles. The first kappa shape index (κ1) is 10.3. The Morgan fingerprint density at radius 2 is 2.38 bits per heavy atom. The highest BCUT2D eigenvalue weighted by atomic mass is 16.4. The lowest BCUT2D eigenvalue weighted by Crippen LogP contribution is -2.34. The summed E-state index contributed by atoms with van der Waals surface area (Å²) >= 11 is 0. The maximum Gasteiger partial charge on any atom is 0.307 e. The van der Waals surface area contributed by atoms with Gasteiger partial charge in [0.15, 0.2) is 0 Å². The molecule has 1 rings (SSSR count). The fourth-order valence-corrected chi connectivity index (χ4v) is 1.55. The van der Waals surface area contributed by atoms with Crippen molar-refractivity contribution in [3.8, 4) is 0 Å². The molecule has 0 bridgehead atoms. The van der Waals surface area contributed by atoms with Crippen LogP contribution >= 0.6 is 0 Å². The largest absolute Gasteiger partial charge is 0.481 e. The van der Waals surface area contributed by atoms with Crippen LogP contribution in [0.1, 0.15) is 26.7 Å². The normalized spacial score (nSPS) is 18.8. The van der Waals surface area contributed by atoms with Gasteiger partial charge in [0.25, 0.3) is 0 Å². The van der Waals surface area contributed by atoms with Crippen molar-refractivity contribution >= 4 is 5.97 Å².